The normalized spacial score (nSPS) is 30.7. The molecule has 2 aliphatic rings. The molecule has 0 aromatic rings. The smallest absolute Gasteiger partial charge is 0.248 e. The molecule has 92 valence electrons. The van der Waals surface area contributed by atoms with Gasteiger partial charge in [-0.2, -0.15) is 0 Å². The minimum atomic E-state index is -2.56. The average molecular weight is 232 g/mol. The van der Waals surface area contributed by atoms with Crippen LogP contribution in [0.3, 0.4) is 0 Å². The van der Waals surface area contributed by atoms with Crippen molar-refractivity contribution >= 4 is 5.91 Å². The van der Waals surface area contributed by atoms with Gasteiger partial charge in [-0.15, -0.1) is 0 Å². The monoisotopic (exact) mass is 232 g/mol. The van der Waals surface area contributed by atoms with E-state index in [1.165, 1.54) is 0 Å². The van der Waals surface area contributed by atoms with Crippen molar-refractivity contribution in [3.05, 3.63) is 0 Å². The molecule has 0 radical (unpaired) electrons. The van der Waals surface area contributed by atoms with Crippen LogP contribution in [0, 0.1) is 5.92 Å². The molecule has 1 aliphatic carbocycles. The predicted octanol–water partition coefficient (Wildman–Crippen LogP) is 1.37. The van der Waals surface area contributed by atoms with Gasteiger partial charge in [0.15, 0.2) is 0 Å². The van der Waals surface area contributed by atoms with Gasteiger partial charge in [0.25, 0.3) is 0 Å². The summed E-state index contributed by atoms with van der Waals surface area (Å²) < 4.78 is 25.9. The number of nitrogens with zero attached hydrogens (tertiary/aromatic N) is 1. The molecule has 2 fully saturated rings. The fraction of sp³-hybridized carbons (Fsp3) is 0.909. The quantitative estimate of drug-likeness (QED) is 0.742. The SMILES string of the molecule is N[C@@H]1CCN(C(=O)C2CCC(F)(F)CC2)C1. The number of carbonyl (C=O) groups excluding carboxylic acids is 1. The summed E-state index contributed by atoms with van der Waals surface area (Å²) in [7, 11) is 0. The van der Waals surface area contributed by atoms with Crippen LogP contribution in [-0.2, 0) is 4.79 Å². The van der Waals surface area contributed by atoms with E-state index in [0.29, 0.717) is 25.9 Å². The van der Waals surface area contributed by atoms with Gasteiger partial charge in [-0.1, -0.05) is 0 Å². The fourth-order valence-corrected chi connectivity index (χ4v) is 2.53. The lowest BCUT2D eigenvalue weighted by Crippen LogP contribution is -2.39. The Balaban J connectivity index is 1.87. The van der Waals surface area contributed by atoms with Crippen LogP contribution in [0.15, 0.2) is 0 Å². The zero-order valence-corrected chi connectivity index (χ0v) is 9.29. The number of alkyl halides is 2. The third-order valence-electron chi connectivity index (χ3n) is 3.60. The molecule has 16 heavy (non-hydrogen) atoms. The van der Waals surface area contributed by atoms with Crippen molar-refractivity contribution in [3.8, 4) is 0 Å². The average Bonchev–Trinajstić information content (AvgIpc) is 2.64. The van der Waals surface area contributed by atoms with Gasteiger partial charge in [-0.25, -0.2) is 8.78 Å². The highest BCUT2D eigenvalue weighted by molar-refractivity contribution is 5.79. The first kappa shape index (κ1) is 11.8. The molecule has 5 heteroatoms. The molecule has 0 bridgehead atoms. The summed E-state index contributed by atoms with van der Waals surface area (Å²) in [6.07, 6.45) is 1.16. The van der Waals surface area contributed by atoms with E-state index in [4.69, 9.17) is 5.73 Å². The largest absolute Gasteiger partial charge is 0.341 e. The zero-order valence-electron chi connectivity index (χ0n) is 9.29. The molecule has 0 unspecified atom stereocenters. The summed E-state index contributed by atoms with van der Waals surface area (Å²) in [4.78, 5) is 13.7. The second-order valence-corrected chi connectivity index (χ2v) is 4.96. The van der Waals surface area contributed by atoms with Crippen LogP contribution in [0.5, 0.6) is 0 Å². The van der Waals surface area contributed by atoms with Gasteiger partial charge >= 0.3 is 0 Å². The lowest BCUT2D eigenvalue weighted by atomic mass is 9.86. The lowest BCUT2D eigenvalue weighted by Gasteiger charge is -2.30. The van der Waals surface area contributed by atoms with Crippen molar-refractivity contribution < 1.29 is 13.6 Å². The van der Waals surface area contributed by atoms with E-state index in [2.05, 4.69) is 0 Å². The Kier molecular flexibility index (Phi) is 3.15. The Morgan fingerprint density at radius 3 is 2.38 bits per heavy atom. The molecule has 2 N–H and O–H groups in total. The van der Waals surface area contributed by atoms with Crippen molar-refractivity contribution in [3.63, 3.8) is 0 Å². The van der Waals surface area contributed by atoms with Gasteiger partial charge in [0, 0.05) is 37.9 Å². The van der Waals surface area contributed by atoms with Crippen LogP contribution in [-0.4, -0.2) is 35.9 Å². The summed E-state index contributed by atoms with van der Waals surface area (Å²) in [6.45, 7) is 1.28. The molecule has 1 saturated heterocycles. The summed E-state index contributed by atoms with van der Waals surface area (Å²) in [5.41, 5.74) is 5.72. The summed E-state index contributed by atoms with van der Waals surface area (Å²) >= 11 is 0. The zero-order chi connectivity index (χ0) is 11.8. The molecular formula is C11H18F2N2O. The second kappa shape index (κ2) is 4.28. The second-order valence-electron chi connectivity index (χ2n) is 4.96. The number of nitrogens with two attached hydrogens (primary N) is 1. The third kappa shape index (κ3) is 2.51. The minimum Gasteiger partial charge on any atom is -0.341 e. The van der Waals surface area contributed by atoms with Gasteiger partial charge in [-0.3, -0.25) is 4.79 Å². The Bertz CT molecular complexity index is 273. The van der Waals surface area contributed by atoms with Crippen LogP contribution >= 0.6 is 0 Å². The highest BCUT2D eigenvalue weighted by atomic mass is 19.3. The van der Waals surface area contributed by atoms with E-state index >= 15 is 0 Å². The molecule has 0 aromatic carbocycles. The Morgan fingerprint density at radius 1 is 1.25 bits per heavy atom. The van der Waals surface area contributed by atoms with Crippen LogP contribution in [0.4, 0.5) is 8.78 Å². The standard InChI is InChI=1S/C11H18F2N2O/c12-11(13)4-1-8(2-5-11)10(16)15-6-3-9(14)7-15/h8-9H,1-7,14H2/t9-/m1/s1. The molecule has 1 aliphatic heterocycles. The summed E-state index contributed by atoms with van der Waals surface area (Å²) in [6, 6.07) is 0.0639. The van der Waals surface area contributed by atoms with E-state index in [1.807, 2.05) is 0 Å². The maximum Gasteiger partial charge on any atom is 0.248 e. The molecule has 1 amide bonds. The molecule has 3 nitrogen and oxygen atoms in total. The van der Waals surface area contributed by atoms with Crippen LogP contribution < -0.4 is 5.73 Å². The number of hydrogen-bond acceptors (Lipinski definition) is 2. The Hall–Kier alpha value is -0.710. The van der Waals surface area contributed by atoms with Gasteiger partial charge in [-0.05, 0) is 19.3 Å². The maximum absolute atomic E-state index is 12.9. The topological polar surface area (TPSA) is 46.3 Å². The number of rotatable bonds is 1. The Morgan fingerprint density at radius 2 is 1.88 bits per heavy atom. The summed E-state index contributed by atoms with van der Waals surface area (Å²) in [5.74, 6) is -2.73. The van der Waals surface area contributed by atoms with E-state index in [-0.39, 0.29) is 30.7 Å². The highest BCUT2D eigenvalue weighted by Crippen LogP contribution is 2.37. The molecule has 0 spiro atoms. The van der Waals surface area contributed by atoms with Crippen molar-refractivity contribution in [2.75, 3.05) is 13.1 Å². The van der Waals surface area contributed by atoms with Gasteiger partial charge in [0.2, 0.25) is 11.8 Å². The van der Waals surface area contributed by atoms with E-state index < -0.39 is 5.92 Å². The first-order chi connectivity index (χ1) is 7.48. The number of amides is 1. The molecule has 2 rings (SSSR count). The van der Waals surface area contributed by atoms with E-state index in [1.54, 1.807) is 4.90 Å². The number of likely N-dealkylation sites (tertiary alicyclic amines) is 1. The minimum absolute atomic E-state index is 0.0310. The number of halogens is 2. The molecule has 1 heterocycles. The molecule has 0 aromatic heterocycles. The molecular weight excluding hydrogens is 214 g/mol. The predicted molar refractivity (Wildman–Crippen MR) is 56.1 cm³/mol. The summed E-state index contributed by atoms with van der Waals surface area (Å²) in [5, 5.41) is 0. The van der Waals surface area contributed by atoms with Gasteiger partial charge in [0.1, 0.15) is 0 Å². The van der Waals surface area contributed by atoms with Gasteiger partial charge < -0.3 is 10.6 Å². The number of hydrogen-bond donors (Lipinski definition) is 1. The highest BCUT2D eigenvalue weighted by Gasteiger charge is 2.39. The van der Waals surface area contributed by atoms with Crippen LogP contribution in [0.1, 0.15) is 32.1 Å². The van der Waals surface area contributed by atoms with E-state index in [0.717, 1.165) is 6.42 Å². The lowest BCUT2D eigenvalue weighted by molar-refractivity contribution is -0.138. The van der Waals surface area contributed by atoms with E-state index in [9.17, 15) is 13.6 Å². The fourth-order valence-electron chi connectivity index (χ4n) is 2.53. The first-order valence-electron chi connectivity index (χ1n) is 5.90. The third-order valence-corrected chi connectivity index (χ3v) is 3.60. The van der Waals surface area contributed by atoms with Crippen molar-refractivity contribution in [2.24, 2.45) is 11.7 Å². The van der Waals surface area contributed by atoms with Crippen molar-refractivity contribution in [1.82, 2.24) is 4.90 Å². The van der Waals surface area contributed by atoms with Crippen molar-refractivity contribution in [2.45, 2.75) is 44.1 Å². The Labute approximate surface area is 94.0 Å². The first-order valence-corrected chi connectivity index (χ1v) is 5.90. The van der Waals surface area contributed by atoms with Crippen LogP contribution in [0.25, 0.3) is 0 Å². The van der Waals surface area contributed by atoms with Gasteiger partial charge in [0.05, 0.1) is 0 Å². The van der Waals surface area contributed by atoms with Crippen molar-refractivity contribution in [1.29, 1.82) is 0 Å². The van der Waals surface area contributed by atoms with Crippen LogP contribution in [0.2, 0.25) is 0 Å². The number of carbonyl (C=O) groups is 1. The molecule has 1 saturated carbocycles. The maximum atomic E-state index is 12.9. The molecule has 1 atom stereocenters.